The molecule has 3 aromatic heterocycles. The zero-order valence-electron chi connectivity index (χ0n) is 17.7. The first-order valence-corrected chi connectivity index (χ1v) is 9.96. The van der Waals surface area contributed by atoms with Gasteiger partial charge in [-0.25, -0.2) is 14.6 Å². The highest BCUT2D eigenvalue weighted by molar-refractivity contribution is 5.92. The monoisotopic (exact) mass is 434 g/mol. The van der Waals surface area contributed by atoms with E-state index in [9.17, 15) is 9.59 Å². The Kier molecular flexibility index (Phi) is 6.11. The number of aryl methyl sites for hydroxylation is 1. The van der Waals surface area contributed by atoms with Crippen LogP contribution >= 0.6 is 0 Å². The molecule has 0 radical (unpaired) electrons. The normalized spacial score (nSPS) is 10.8. The van der Waals surface area contributed by atoms with Gasteiger partial charge in [-0.2, -0.15) is 5.10 Å². The van der Waals surface area contributed by atoms with Gasteiger partial charge in [-0.05, 0) is 30.7 Å². The lowest BCUT2D eigenvalue weighted by Gasteiger charge is -2.11. The Morgan fingerprint density at radius 2 is 1.91 bits per heavy atom. The number of nitrogens with one attached hydrogen (secondary N) is 1. The number of pyridine rings is 1. The van der Waals surface area contributed by atoms with Crippen molar-refractivity contribution in [3.8, 4) is 17.3 Å². The van der Waals surface area contributed by atoms with E-state index in [-0.39, 0.29) is 17.9 Å². The first-order chi connectivity index (χ1) is 15.6. The van der Waals surface area contributed by atoms with Gasteiger partial charge in [0.1, 0.15) is 0 Å². The maximum absolute atomic E-state index is 12.8. The van der Waals surface area contributed by atoms with Crippen LogP contribution < -0.4 is 20.3 Å². The predicted molar refractivity (Wildman–Crippen MR) is 118 cm³/mol. The molecule has 1 N–H and O–H groups in total. The van der Waals surface area contributed by atoms with Crippen molar-refractivity contribution in [2.75, 3.05) is 19.5 Å². The third-order valence-corrected chi connectivity index (χ3v) is 4.91. The lowest BCUT2D eigenvalue weighted by molar-refractivity contribution is -0.116. The van der Waals surface area contributed by atoms with Gasteiger partial charge in [0.25, 0.3) is 5.56 Å². The average molecular weight is 434 g/mol. The van der Waals surface area contributed by atoms with Crippen LogP contribution in [-0.2, 0) is 11.3 Å². The Morgan fingerprint density at radius 3 is 2.66 bits per heavy atom. The van der Waals surface area contributed by atoms with E-state index in [0.717, 1.165) is 0 Å². The van der Waals surface area contributed by atoms with Crippen molar-refractivity contribution < 1.29 is 14.3 Å². The molecule has 1 amide bonds. The molecule has 10 nitrogen and oxygen atoms in total. The highest BCUT2D eigenvalue weighted by Gasteiger charge is 2.12. The smallest absolute Gasteiger partial charge is 0.261 e. The van der Waals surface area contributed by atoms with Crippen LogP contribution in [0.4, 0.5) is 5.69 Å². The maximum Gasteiger partial charge on any atom is 0.261 e. The summed E-state index contributed by atoms with van der Waals surface area (Å²) in [4.78, 5) is 33.9. The minimum absolute atomic E-state index is 0.181. The second-order valence-corrected chi connectivity index (χ2v) is 6.94. The number of ether oxygens (including phenoxy) is 2. The van der Waals surface area contributed by atoms with Gasteiger partial charge < -0.3 is 14.8 Å². The molecular weight excluding hydrogens is 412 g/mol. The number of anilines is 1. The molecule has 32 heavy (non-hydrogen) atoms. The molecular formula is C22H22N6O4. The molecule has 164 valence electrons. The number of benzene rings is 1. The molecule has 0 aliphatic rings. The minimum Gasteiger partial charge on any atom is -0.493 e. The fourth-order valence-corrected chi connectivity index (χ4v) is 3.34. The molecule has 4 aromatic rings. The van der Waals surface area contributed by atoms with Gasteiger partial charge in [-0.1, -0.05) is 0 Å². The zero-order valence-corrected chi connectivity index (χ0v) is 17.7. The van der Waals surface area contributed by atoms with Crippen molar-refractivity contribution in [3.63, 3.8) is 0 Å². The average Bonchev–Trinajstić information content (AvgIpc) is 3.35. The van der Waals surface area contributed by atoms with Gasteiger partial charge >= 0.3 is 0 Å². The van der Waals surface area contributed by atoms with Crippen LogP contribution in [0, 0.1) is 0 Å². The highest BCUT2D eigenvalue weighted by atomic mass is 16.5. The van der Waals surface area contributed by atoms with E-state index in [1.165, 1.54) is 25.1 Å². The summed E-state index contributed by atoms with van der Waals surface area (Å²) in [5.74, 6) is 1.32. The van der Waals surface area contributed by atoms with Crippen LogP contribution in [0.25, 0.3) is 16.7 Å². The number of carbonyl (C=O) groups excluding carboxylic acids is 1. The van der Waals surface area contributed by atoms with Gasteiger partial charge in [0.05, 0.1) is 37.1 Å². The van der Waals surface area contributed by atoms with Crippen LogP contribution in [0.15, 0.2) is 60.0 Å². The molecule has 0 bridgehead atoms. The third kappa shape index (κ3) is 4.29. The summed E-state index contributed by atoms with van der Waals surface area (Å²) in [6.07, 6.45) is 7.19. The number of methoxy groups -OCH3 is 2. The van der Waals surface area contributed by atoms with Crippen molar-refractivity contribution in [3.05, 3.63) is 65.6 Å². The molecule has 0 unspecified atom stereocenters. The van der Waals surface area contributed by atoms with Crippen LogP contribution in [-0.4, -0.2) is 44.4 Å². The largest absolute Gasteiger partial charge is 0.493 e. The van der Waals surface area contributed by atoms with Crippen molar-refractivity contribution >= 4 is 22.5 Å². The summed E-state index contributed by atoms with van der Waals surface area (Å²) in [5, 5.41) is 7.44. The van der Waals surface area contributed by atoms with E-state index >= 15 is 0 Å². The second kappa shape index (κ2) is 9.29. The first kappa shape index (κ1) is 21.0. The molecule has 0 saturated heterocycles. The highest BCUT2D eigenvalue weighted by Crippen LogP contribution is 2.29. The fraction of sp³-hybridized carbons (Fsp3) is 0.227. The quantitative estimate of drug-likeness (QED) is 0.453. The molecule has 0 atom stereocenters. The molecule has 10 heteroatoms. The first-order valence-electron chi connectivity index (χ1n) is 9.96. The fourth-order valence-electron chi connectivity index (χ4n) is 3.34. The molecule has 4 rings (SSSR count). The van der Waals surface area contributed by atoms with E-state index in [2.05, 4.69) is 20.4 Å². The predicted octanol–water partition coefficient (Wildman–Crippen LogP) is 2.41. The van der Waals surface area contributed by atoms with Crippen LogP contribution in [0.5, 0.6) is 11.5 Å². The van der Waals surface area contributed by atoms with Crippen LogP contribution in [0.1, 0.15) is 12.8 Å². The lowest BCUT2D eigenvalue weighted by Crippen LogP contribution is -2.22. The van der Waals surface area contributed by atoms with E-state index in [1.54, 1.807) is 53.6 Å². The number of hydrogen-bond donors (Lipinski definition) is 1. The number of fused-ring (bicyclic) bond motifs is 1. The zero-order chi connectivity index (χ0) is 22.5. The summed E-state index contributed by atoms with van der Waals surface area (Å²) < 4.78 is 13.6. The van der Waals surface area contributed by atoms with Crippen molar-refractivity contribution in [1.29, 1.82) is 0 Å². The molecule has 0 aliphatic carbocycles. The van der Waals surface area contributed by atoms with Crippen LogP contribution in [0.3, 0.4) is 0 Å². The Bertz CT molecular complexity index is 1300. The van der Waals surface area contributed by atoms with Crippen LogP contribution in [0.2, 0.25) is 0 Å². The summed E-state index contributed by atoms with van der Waals surface area (Å²) in [6.45, 7) is 0.350. The van der Waals surface area contributed by atoms with E-state index in [1.807, 2.05) is 0 Å². The topological polar surface area (TPSA) is 113 Å². The van der Waals surface area contributed by atoms with E-state index in [4.69, 9.17) is 9.47 Å². The van der Waals surface area contributed by atoms with Gasteiger partial charge in [-0.3, -0.25) is 14.2 Å². The number of rotatable bonds is 8. The number of amides is 1. The maximum atomic E-state index is 12.8. The Morgan fingerprint density at radius 1 is 1.09 bits per heavy atom. The molecule has 0 spiro atoms. The van der Waals surface area contributed by atoms with Gasteiger partial charge in [0.15, 0.2) is 17.3 Å². The van der Waals surface area contributed by atoms with Gasteiger partial charge in [0.2, 0.25) is 5.91 Å². The minimum atomic E-state index is -0.204. The third-order valence-electron chi connectivity index (χ3n) is 4.91. The molecule has 1 aromatic carbocycles. The van der Waals surface area contributed by atoms with Crippen molar-refractivity contribution in [2.45, 2.75) is 19.4 Å². The molecule has 0 saturated carbocycles. The summed E-state index contributed by atoms with van der Waals surface area (Å²) in [5.41, 5.74) is 0.876. The summed E-state index contributed by atoms with van der Waals surface area (Å²) >= 11 is 0. The Balaban J connectivity index is 1.43. The van der Waals surface area contributed by atoms with Crippen molar-refractivity contribution in [1.82, 2.24) is 24.3 Å². The molecule has 3 heterocycles. The summed E-state index contributed by atoms with van der Waals surface area (Å²) in [6, 6.07) is 8.57. The number of carbonyl (C=O) groups is 1. The number of aromatic nitrogens is 5. The van der Waals surface area contributed by atoms with Crippen molar-refractivity contribution in [2.24, 2.45) is 0 Å². The Hall–Kier alpha value is -4.21. The van der Waals surface area contributed by atoms with Gasteiger partial charge in [0, 0.05) is 37.6 Å². The van der Waals surface area contributed by atoms with Gasteiger partial charge in [-0.15, -0.1) is 0 Å². The SMILES string of the molecule is COc1cc2ncn(CCCC(=O)Nc3cccnc3-n3cccn3)c(=O)c2cc1OC. The number of nitrogens with zero attached hydrogens (tertiary/aromatic N) is 5. The molecule has 0 aliphatic heterocycles. The lowest BCUT2D eigenvalue weighted by atomic mass is 10.2. The Labute approximate surface area is 183 Å². The van der Waals surface area contributed by atoms with E-state index in [0.29, 0.717) is 46.9 Å². The number of hydrogen-bond acceptors (Lipinski definition) is 7. The molecule has 0 fully saturated rings. The second-order valence-electron chi connectivity index (χ2n) is 6.94. The van der Waals surface area contributed by atoms with E-state index < -0.39 is 0 Å². The summed E-state index contributed by atoms with van der Waals surface area (Å²) in [7, 11) is 3.04. The standard InChI is InChI=1S/C22H22N6O4/c1-31-18-12-15-17(13-19(18)32-2)24-14-27(22(15)30)10-4-7-20(29)26-16-6-3-8-23-21(16)28-11-5-9-25-28/h3,5-6,8-9,11-14H,4,7,10H2,1-2H3,(H,26,29).